The maximum atomic E-state index is 11.2. The molecule has 1 aliphatic heterocycles. The molecule has 1 amide bonds. The molecule has 0 spiro atoms. The molecule has 0 saturated carbocycles. The largest absolute Gasteiger partial charge is 0.342 e. The fourth-order valence-electron chi connectivity index (χ4n) is 3.17. The van der Waals surface area contributed by atoms with E-state index >= 15 is 0 Å². The summed E-state index contributed by atoms with van der Waals surface area (Å²) in [6, 6.07) is 10.6. The van der Waals surface area contributed by atoms with Crippen LogP contribution in [0.5, 0.6) is 0 Å². The van der Waals surface area contributed by atoms with Crippen LogP contribution in [-0.4, -0.2) is 70.7 Å². The summed E-state index contributed by atoms with van der Waals surface area (Å²) < 4.78 is 2.36. The molecule has 0 bridgehead atoms. The first-order valence-corrected chi connectivity index (χ1v) is 8.88. The lowest BCUT2D eigenvalue weighted by molar-refractivity contribution is -0.124. The molecule has 144 valence electrons. The summed E-state index contributed by atoms with van der Waals surface area (Å²) in [6.07, 6.45) is 2.88. The SMILES string of the molecule is CN(C)CCn1c(CN2CC(/C=C/C(=O)NO)=NN2C)cc2ccccc21. The van der Waals surface area contributed by atoms with E-state index in [1.807, 2.05) is 7.05 Å². The van der Waals surface area contributed by atoms with Gasteiger partial charge in [0.25, 0.3) is 5.91 Å². The number of carbonyl (C=O) groups excluding carboxylic acids is 1. The lowest BCUT2D eigenvalue weighted by Crippen LogP contribution is -2.33. The first kappa shape index (κ1) is 19.1. The van der Waals surface area contributed by atoms with Gasteiger partial charge in [-0.1, -0.05) is 18.2 Å². The van der Waals surface area contributed by atoms with Crippen LogP contribution in [-0.2, 0) is 17.9 Å². The van der Waals surface area contributed by atoms with Gasteiger partial charge >= 0.3 is 0 Å². The van der Waals surface area contributed by atoms with Crippen LogP contribution in [0.1, 0.15) is 5.69 Å². The van der Waals surface area contributed by atoms with Crippen molar-refractivity contribution in [3.8, 4) is 0 Å². The van der Waals surface area contributed by atoms with Gasteiger partial charge in [0, 0.05) is 37.4 Å². The third-order valence-corrected chi connectivity index (χ3v) is 4.58. The topological polar surface area (TPSA) is 76.3 Å². The van der Waals surface area contributed by atoms with E-state index in [2.05, 4.69) is 64.0 Å². The summed E-state index contributed by atoms with van der Waals surface area (Å²) in [7, 11) is 6.04. The first-order chi connectivity index (χ1) is 13.0. The number of carbonyl (C=O) groups is 1. The van der Waals surface area contributed by atoms with E-state index in [-0.39, 0.29) is 0 Å². The van der Waals surface area contributed by atoms with E-state index in [9.17, 15) is 4.79 Å². The van der Waals surface area contributed by atoms with Crippen molar-refractivity contribution in [1.82, 2.24) is 25.1 Å². The van der Waals surface area contributed by atoms with E-state index in [0.29, 0.717) is 13.1 Å². The van der Waals surface area contributed by atoms with Crippen LogP contribution in [0.25, 0.3) is 10.9 Å². The van der Waals surface area contributed by atoms with Gasteiger partial charge in [-0.2, -0.15) is 10.1 Å². The molecule has 8 nitrogen and oxygen atoms in total. The number of hydrazone groups is 1. The smallest absolute Gasteiger partial charge is 0.267 e. The maximum absolute atomic E-state index is 11.2. The summed E-state index contributed by atoms with van der Waals surface area (Å²) in [5.74, 6) is -0.567. The summed E-state index contributed by atoms with van der Waals surface area (Å²) in [6.45, 7) is 3.19. The molecule has 0 unspecified atom stereocenters. The van der Waals surface area contributed by atoms with Gasteiger partial charge in [0.1, 0.15) is 0 Å². The van der Waals surface area contributed by atoms with Gasteiger partial charge in [0.2, 0.25) is 0 Å². The summed E-state index contributed by atoms with van der Waals surface area (Å²) in [5, 5.41) is 18.2. The van der Waals surface area contributed by atoms with Crippen LogP contribution in [0.3, 0.4) is 0 Å². The van der Waals surface area contributed by atoms with Crippen LogP contribution in [0, 0.1) is 0 Å². The number of nitrogens with one attached hydrogen (secondary N) is 1. The highest BCUT2D eigenvalue weighted by atomic mass is 16.5. The molecule has 0 atom stereocenters. The lowest BCUT2D eigenvalue weighted by atomic mass is 10.2. The first-order valence-electron chi connectivity index (χ1n) is 8.88. The molecule has 1 aliphatic rings. The average molecular weight is 370 g/mol. The number of rotatable bonds is 7. The Morgan fingerprint density at radius 3 is 2.89 bits per heavy atom. The summed E-state index contributed by atoms with van der Waals surface area (Å²) >= 11 is 0. The molecule has 1 aromatic carbocycles. The van der Waals surface area contributed by atoms with Crippen molar-refractivity contribution in [1.29, 1.82) is 0 Å². The molecule has 0 fully saturated rings. The standard InChI is InChI=1S/C19H26N6O2/c1-22(2)10-11-25-17(12-15-6-4-5-7-18(15)25)14-24-13-16(20-23(24)3)8-9-19(26)21-27/h4-9,12,27H,10-11,13-14H2,1-3H3,(H,21,26)/b9-8+. The van der Waals surface area contributed by atoms with Crippen molar-refractivity contribution >= 4 is 22.5 Å². The molecule has 2 aromatic rings. The Kier molecular flexibility index (Phi) is 5.90. The highest BCUT2D eigenvalue weighted by molar-refractivity contribution is 6.02. The number of likely N-dealkylation sites (N-methyl/N-ethyl adjacent to an activating group) is 1. The number of para-hydroxylation sites is 1. The number of hydrazine groups is 1. The third-order valence-electron chi connectivity index (χ3n) is 4.58. The van der Waals surface area contributed by atoms with E-state index < -0.39 is 5.91 Å². The molecule has 8 heteroatoms. The zero-order valence-corrected chi connectivity index (χ0v) is 16.0. The number of nitrogens with zero attached hydrogens (tertiary/aromatic N) is 5. The molecule has 2 N–H and O–H groups in total. The molecular weight excluding hydrogens is 344 g/mol. The Morgan fingerprint density at radius 1 is 1.37 bits per heavy atom. The molecule has 2 heterocycles. The van der Waals surface area contributed by atoms with Gasteiger partial charge in [-0.25, -0.2) is 10.6 Å². The van der Waals surface area contributed by atoms with E-state index in [4.69, 9.17) is 5.21 Å². The number of hydrogen-bond donors (Lipinski definition) is 2. The maximum Gasteiger partial charge on any atom is 0.267 e. The van der Waals surface area contributed by atoms with Gasteiger partial charge in [-0.05, 0) is 37.7 Å². The predicted octanol–water partition coefficient (Wildman–Crippen LogP) is 1.28. The molecule has 0 aliphatic carbocycles. The number of amides is 1. The second kappa shape index (κ2) is 8.34. The second-order valence-electron chi connectivity index (χ2n) is 6.86. The highest BCUT2D eigenvalue weighted by Crippen LogP contribution is 2.22. The van der Waals surface area contributed by atoms with Gasteiger partial charge in [-0.15, -0.1) is 0 Å². The number of hydrogen-bond acceptors (Lipinski definition) is 6. The van der Waals surface area contributed by atoms with Crippen LogP contribution in [0.15, 0.2) is 47.6 Å². The van der Waals surface area contributed by atoms with Crippen molar-refractivity contribution in [2.75, 3.05) is 34.2 Å². The molecule has 1 aromatic heterocycles. The minimum absolute atomic E-state index is 0.567. The Bertz CT molecular complexity index is 870. The Hall–Kier alpha value is -2.68. The molecule has 27 heavy (non-hydrogen) atoms. The van der Waals surface area contributed by atoms with E-state index in [1.165, 1.54) is 22.7 Å². The van der Waals surface area contributed by atoms with Crippen molar-refractivity contribution < 1.29 is 10.0 Å². The molecular formula is C19H26N6O2. The highest BCUT2D eigenvalue weighted by Gasteiger charge is 2.21. The van der Waals surface area contributed by atoms with Crippen LogP contribution in [0.2, 0.25) is 0 Å². The van der Waals surface area contributed by atoms with Crippen LogP contribution in [0.4, 0.5) is 0 Å². The van der Waals surface area contributed by atoms with Crippen LogP contribution < -0.4 is 5.48 Å². The quantitative estimate of drug-likeness (QED) is 0.436. The fourth-order valence-corrected chi connectivity index (χ4v) is 3.17. The number of aromatic nitrogens is 1. The molecule has 0 radical (unpaired) electrons. The zero-order valence-electron chi connectivity index (χ0n) is 16.0. The number of benzene rings is 1. The number of fused-ring (bicyclic) bond motifs is 1. The van der Waals surface area contributed by atoms with Crippen molar-refractivity contribution in [3.05, 3.63) is 48.2 Å². The number of hydroxylamine groups is 1. The van der Waals surface area contributed by atoms with Gasteiger partial charge in [0.15, 0.2) is 0 Å². The minimum Gasteiger partial charge on any atom is -0.342 e. The minimum atomic E-state index is -0.567. The van der Waals surface area contributed by atoms with Gasteiger partial charge < -0.3 is 9.47 Å². The monoisotopic (exact) mass is 370 g/mol. The van der Waals surface area contributed by atoms with Crippen molar-refractivity contribution in [2.24, 2.45) is 5.10 Å². The zero-order chi connectivity index (χ0) is 19.4. The van der Waals surface area contributed by atoms with Crippen molar-refractivity contribution in [3.63, 3.8) is 0 Å². The summed E-state index contributed by atoms with van der Waals surface area (Å²) in [4.78, 5) is 13.3. The lowest BCUT2D eigenvalue weighted by Gasteiger charge is -2.24. The molecule has 0 saturated heterocycles. The summed E-state index contributed by atoms with van der Waals surface area (Å²) in [5.41, 5.74) is 4.80. The van der Waals surface area contributed by atoms with E-state index in [0.717, 1.165) is 18.8 Å². The predicted molar refractivity (Wildman–Crippen MR) is 105 cm³/mol. The second-order valence-corrected chi connectivity index (χ2v) is 6.86. The Balaban J connectivity index is 1.77. The fraction of sp³-hybridized carbons (Fsp3) is 0.368. The Morgan fingerprint density at radius 2 is 2.15 bits per heavy atom. The normalized spacial score (nSPS) is 15.3. The Labute approximate surface area is 158 Å². The molecule has 3 rings (SSSR count). The van der Waals surface area contributed by atoms with Crippen LogP contribution >= 0.6 is 0 Å². The third kappa shape index (κ3) is 4.54. The van der Waals surface area contributed by atoms with Gasteiger partial charge in [-0.3, -0.25) is 10.0 Å². The van der Waals surface area contributed by atoms with Crippen molar-refractivity contribution in [2.45, 2.75) is 13.1 Å². The average Bonchev–Trinajstić information content (AvgIpc) is 3.18. The van der Waals surface area contributed by atoms with Gasteiger partial charge in [0.05, 0.1) is 18.8 Å². The van der Waals surface area contributed by atoms with E-state index in [1.54, 1.807) is 16.7 Å².